The standard InChI is InChI=1S/C11H13NO2S/c12-15(13,14)11-8-4-3-7-10(11)9-5-1-2-6-9/h3-5,7-8H,1-2,6H2,(H2,12,13,14). The number of benzene rings is 1. The molecule has 0 bridgehead atoms. The minimum Gasteiger partial charge on any atom is -0.225 e. The molecule has 3 nitrogen and oxygen atoms in total. The van der Waals surface area contributed by atoms with Crippen molar-refractivity contribution in [3.05, 3.63) is 35.9 Å². The van der Waals surface area contributed by atoms with Gasteiger partial charge < -0.3 is 0 Å². The van der Waals surface area contributed by atoms with Crippen LogP contribution in [0.1, 0.15) is 24.8 Å². The molecule has 0 unspecified atom stereocenters. The second-order valence-electron chi connectivity index (χ2n) is 3.66. The molecule has 0 radical (unpaired) electrons. The van der Waals surface area contributed by atoms with Gasteiger partial charge in [-0.2, -0.15) is 0 Å². The molecule has 80 valence electrons. The molecule has 0 amide bonds. The number of nitrogens with two attached hydrogens (primary N) is 1. The third-order valence-corrected chi connectivity index (χ3v) is 3.55. The van der Waals surface area contributed by atoms with Gasteiger partial charge in [0.2, 0.25) is 10.0 Å². The van der Waals surface area contributed by atoms with E-state index >= 15 is 0 Å². The van der Waals surface area contributed by atoms with Crippen LogP contribution in [0.25, 0.3) is 5.57 Å². The van der Waals surface area contributed by atoms with Crippen LogP contribution in [0.15, 0.2) is 35.2 Å². The fraction of sp³-hybridized carbons (Fsp3) is 0.273. The molecule has 1 aliphatic carbocycles. The van der Waals surface area contributed by atoms with Crippen molar-refractivity contribution < 1.29 is 8.42 Å². The number of rotatable bonds is 2. The van der Waals surface area contributed by atoms with Crippen molar-refractivity contribution in [2.45, 2.75) is 24.2 Å². The van der Waals surface area contributed by atoms with Crippen molar-refractivity contribution >= 4 is 15.6 Å². The van der Waals surface area contributed by atoms with Crippen molar-refractivity contribution in [1.82, 2.24) is 0 Å². The molecule has 0 saturated heterocycles. The quantitative estimate of drug-likeness (QED) is 0.832. The molecule has 15 heavy (non-hydrogen) atoms. The molecule has 2 rings (SSSR count). The van der Waals surface area contributed by atoms with Crippen LogP contribution in [0.3, 0.4) is 0 Å². The average molecular weight is 223 g/mol. The smallest absolute Gasteiger partial charge is 0.225 e. The zero-order valence-electron chi connectivity index (χ0n) is 8.31. The van der Waals surface area contributed by atoms with Gasteiger partial charge in [0.05, 0.1) is 4.90 Å². The predicted octanol–water partition coefficient (Wildman–Crippen LogP) is 1.90. The second-order valence-corrected chi connectivity index (χ2v) is 5.19. The highest BCUT2D eigenvalue weighted by Gasteiger charge is 2.17. The molecule has 1 aromatic rings. The Morgan fingerprint density at radius 1 is 1.20 bits per heavy atom. The van der Waals surface area contributed by atoms with Gasteiger partial charge in [0.25, 0.3) is 0 Å². The molecule has 0 saturated carbocycles. The number of hydrogen-bond donors (Lipinski definition) is 1. The molecular formula is C11H13NO2S. The van der Waals surface area contributed by atoms with Crippen molar-refractivity contribution in [3.63, 3.8) is 0 Å². The lowest BCUT2D eigenvalue weighted by Gasteiger charge is -2.07. The van der Waals surface area contributed by atoms with Crippen molar-refractivity contribution in [1.29, 1.82) is 0 Å². The Balaban J connectivity index is 2.56. The summed E-state index contributed by atoms with van der Waals surface area (Å²) in [5.41, 5.74) is 1.86. The van der Waals surface area contributed by atoms with Crippen molar-refractivity contribution in [2.24, 2.45) is 5.14 Å². The Hall–Kier alpha value is -1.13. The van der Waals surface area contributed by atoms with Gasteiger partial charge in [-0.1, -0.05) is 24.3 Å². The Morgan fingerprint density at radius 3 is 2.53 bits per heavy atom. The van der Waals surface area contributed by atoms with Gasteiger partial charge in [-0.05, 0) is 36.5 Å². The van der Waals surface area contributed by atoms with E-state index in [4.69, 9.17) is 5.14 Å². The summed E-state index contributed by atoms with van der Waals surface area (Å²) < 4.78 is 22.7. The first-order valence-electron chi connectivity index (χ1n) is 4.90. The van der Waals surface area contributed by atoms with Gasteiger partial charge in [0.15, 0.2) is 0 Å². The van der Waals surface area contributed by atoms with Crippen molar-refractivity contribution in [3.8, 4) is 0 Å². The summed E-state index contributed by atoms with van der Waals surface area (Å²) >= 11 is 0. The molecule has 1 aliphatic rings. The summed E-state index contributed by atoms with van der Waals surface area (Å²) in [7, 11) is -3.61. The molecular weight excluding hydrogens is 210 g/mol. The number of allylic oxidation sites excluding steroid dienone is 2. The van der Waals surface area contributed by atoms with Gasteiger partial charge in [0, 0.05) is 0 Å². The zero-order chi connectivity index (χ0) is 10.9. The monoisotopic (exact) mass is 223 g/mol. The largest absolute Gasteiger partial charge is 0.238 e. The Bertz CT molecular complexity index is 503. The van der Waals surface area contributed by atoms with Crippen LogP contribution >= 0.6 is 0 Å². The lowest BCUT2D eigenvalue weighted by Crippen LogP contribution is -2.14. The summed E-state index contributed by atoms with van der Waals surface area (Å²) in [5.74, 6) is 0. The van der Waals surface area contributed by atoms with Crippen LogP contribution in [0.2, 0.25) is 0 Å². The van der Waals surface area contributed by atoms with E-state index < -0.39 is 10.0 Å². The van der Waals surface area contributed by atoms with Crippen LogP contribution < -0.4 is 5.14 Å². The maximum Gasteiger partial charge on any atom is 0.238 e. The van der Waals surface area contributed by atoms with Crippen LogP contribution in [0.4, 0.5) is 0 Å². The minimum absolute atomic E-state index is 0.234. The first-order valence-corrected chi connectivity index (χ1v) is 6.45. The van der Waals surface area contributed by atoms with Gasteiger partial charge in [-0.15, -0.1) is 0 Å². The van der Waals surface area contributed by atoms with Crippen LogP contribution in [-0.2, 0) is 10.0 Å². The molecule has 0 spiro atoms. The van der Waals surface area contributed by atoms with E-state index in [9.17, 15) is 8.42 Å². The third kappa shape index (κ3) is 2.11. The summed E-state index contributed by atoms with van der Waals surface area (Å²) in [6.07, 6.45) is 5.14. The maximum atomic E-state index is 11.4. The van der Waals surface area contributed by atoms with E-state index in [2.05, 4.69) is 6.08 Å². The van der Waals surface area contributed by atoms with Crippen LogP contribution in [0.5, 0.6) is 0 Å². The molecule has 0 aromatic heterocycles. The third-order valence-electron chi connectivity index (χ3n) is 2.58. The Morgan fingerprint density at radius 2 is 1.93 bits per heavy atom. The molecule has 2 N–H and O–H groups in total. The van der Waals surface area contributed by atoms with Crippen LogP contribution in [0, 0.1) is 0 Å². The summed E-state index contributed by atoms with van der Waals surface area (Å²) in [5, 5.41) is 5.17. The summed E-state index contributed by atoms with van der Waals surface area (Å²) in [6.45, 7) is 0. The van der Waals surface area contributed by atoms with Crippen LogP contribution in [-0.4, -0.2) is 8.42 Å². The highest BCUT2D eigenvalue weighted by Crippen LogP contribution is 2.31. The van der Waals surface area contributed by atoms with E-state index in [0.717, 1.165) is 30.4 Å². The lowest BCUT2D eigenvalue weighted by molar-refractivity contribution is 0.597. The molecule has 0 atom stereocenters. The fourth-order valence-corrected chi connectivity index (χ4v) is 2.67. The fourth-order valence-electron chi connectivity index (χ4n) is 1.90. The molecule has 0 fully saturated rings. The average Bonchev–Trinajstić information content (AvgIpc) is 2.69. The van der Waals surface area contributed by atoms with Gasteiger partial charge in [0.1, 0.15) is 0 Å². The molecule has 0 aliphatic heterocycles. The summed E-state index contributed by atoms with van der Waals surface area (Å²) in [4.78, 5) is 0.234. The maximum absolute atomic E-state index is 11.4. The molecule has 4 heteroatoms. The van der Waals surface area contributed by atoms with E-state index in [1.165, 1.54) is 0 Å². The molecule has 0 heterocycles. The van der Waals surface area contributed by atoms with Gasteiger partial charge >= 0.3 is 0 Å². The second kappa shape index (κ2) is 3.79. The first-order chi connectivity index (χ1) is 7.09. The van der Waals surface area contributed by atoms with Crippen molar-refractivity contribution in [2.75, 3.05) is 0 Å². The zero-order valence-corrected chi connectivity index (χ0v) is 9.13. The topological polar surface area (TPSA) is 60.2 Å². The Kier molecular flexibility index (Phi) is 2.63. The van der Waals surface area contributed by atoms with E-state index in [1.54, 1.807) is 12.1 Å². The molecule has 1 aromatic carbocycles. The SMILES string of the molecule is NS(=O)(=O)c1ccccc1C1=CCCC1. The van der Waals surface area contributed by atoms with Gasteiger partial charge in [-0.3, -0.25) is 0 Å². The first kappa shape index (κ1) is 10.4. The highest BCUT2D eigenvalue weighted by molar-refractivity contribution is 7.89. The number of hydrogen-bond acceptors (Lipinski definition) is 2. The van der Waals surface area contributed by atoms with E-state index in [1.807, 2.05) is 12.1 Å². The normalized spacial score (nSPS) is 16.5. The highest BCUT2D eigenvalue weighted by atomic mass is 32.2. The predicted molar refractivity (Wildman–Crippen MR) is 59.6 cm³/mol. The van der Waals surface area contributed by atoms with Gasteiger partial charge in [-0.25, -0.2) is 13.6 Å². The number of sulfonamides is 1. The number of primary sulfonamides is 1. The lowest BCUT2D eigenvalue weighted by atomic mass is 10.1. The minimum atomic E-state index is -3.61. The van der Waals surface area contributed by atoms with E-state index in [-0.39, 0.29) is 4.90 Å². The van der Waals surface area contributed by atoms with E-state index in [0.29, 0.717) is 0 Å². The summed E-state index contributed by atoms with van der Waals surface area (Å²) in [6, 6.07) is 6.91. The Labute approximate surface area is 89.7 Å².